The molecule has 0 aromatic heterocycles. The molecule has 3 aromatic carbocycles. The third-order valence-electron chi connectivity index (χ3n) is 3.84. The van der Waals surface area contributed by atoms with Crippen molar-refractivity contribution < 1.29 is 0 Å². The number of rotatable bonds is 5. The van der Waals surface area contributed by atoms with Crippen molar-refractivity contribution in [3.8, 4) is 0 Å². The Morgan fingerprint density at radius 1 is 0.708 bits per heavy atom. The van der Waals surface area contributed by atoms with Gasteiger partial charge in [-0.05, 0) is 28.9 Å². The fraction of sp³-hybridized carbons (Fsp3) is 0.0952. The highest BCUT2D eigenvalue weighted by Crippen LogP contribution is 2.21. The lowest BCUT2D eigenvalue weighted by Gasteiger charge is -2.22. The van der Waals surface area contributed by atoms with E-state index in [4.69, 9.17) is 12.2 Å². The number of hydrogen-bond acceptors (Lipinski definition) is 1. The van der Waals surface area contributed by atoms with E-state index in [1.165, 1.54) is 16.7 Å². The van der Waals surface area contributed by atoms with Crippen molar-refractivity contribution in [1.29, 1.82) is 0 Å². The van der Waals surface area contributed by atoms with Crippen LogP contribution in [0.5, 0.6) is 0 Å². The molecular weight excluding hydrogens is 312 g/mol. The van der Waals surface area contributed by atoms with E-state index in [2.05, 4.69) is 47.0 Å². The zero-order valence-electron chi connectivity index (χ0n) is 13.4. The van der Waals surface area contributed by atoms with Gasteiger partial charge in [-0.25, -0.2) is 0 Å². The van der Waals surface area contributed by atoms with Gasteiger partial charge in [0.05, 0.1) is 6.04 Å². The lowest BCUT2D eigenvalue weighted by molar-refractivity contribution is 0.736. The molecule has 0 aliphatic heterocycles. The normalized spacial score (nSPS) is 10.4. The summed E-state index contributed by atoms with van der Waals surface area (Å²) >= 11 is 5.51. The third kappa shape index (κ3) is 4.43. The Balaban J connectivity index is 1.71. The summed E-state index contributed by atoms with van der Waals surface area (Å²) in [5, 5.41) is 7.38. The summed E-state index contributed by atoms with van der Waals surface area (Å²) in [6.07, 6.45) is 0. The van der Waals surface area contributed by atoms with Crippen LogP contribution in [0.25, 0.3) is 0 Å². The summed E-state index contributed by atoms with van der Waals surface area (Å²) in [6.45, 7) is 0.711. The highest BCUT2D eigenvalue weighted by atomic mass is 32.1. The summed E-state index contributed by atoms with van der Waals surface area (Å²) in [4.78, 5) is 0. The molecule has 0 saturated heterocycles. The van der Waals surface area contributed by atoms with E-state index in [9.17, 15) is 0 Å². The fourth-order valence-electron chi connectivity index (χ4n) is 2.61. The summed E-state index contributed by atoms with van der Waals surface area (Å²) < 4.78 is 0. The third-order valence-corrected chi connectivity index (χ3v) is 4.10. The fourth-order valence-corrected chi connectivity index (χ4v) is 2.80. The number of hydrogen-bond donors (Lipinski definition) is 2. The molecule has 3 heteroatoms. The molecule has 0 spiro atoms. The predicted octanol–water partition coefficient (Wildman–Crippen LogP) is 4.44. The SMILES string of the molecule is S=C(NCc1ccccc1)NC(c1ccccc1)c1ccccc1. The number of thiocarbonyl (C=S) groups is 1. The van der Waals surface area contributed by atoms with Crippen LogP contribution >= 0.6 is 12.2 Å². The molecule has 0 atom stereocenters. The van der Waals surface area contributed by atoms with Crippen molar-refractivity contribution in [2.75, 3.05) is 0 Å². The second kappa shape index (κ2) is 8.27. The highest BCUT2D eigenvalue weighted by molar-refractivity contribution is 7.80. The molecule has 0 radical (unpaired) electrons. The van der Waals surface area contributed by atoms with Gasteiger partial charge in [0.1, 0.15) is 0 Å². The first-order chi connectivity index (χ1) is 11.8. The van der Waals surface area contributed by atoms with Gasteiger partial charge in [0, 0.05) is 6.54 Å². The average molecular weight is 332 g/mol. The Kier molecular flexibility index (Phi) is 5.59. The predicted molar refractivity (Wildman–Crippen MR) is 104 cm³/mol. The minimum atomic E-state index is 0.0307. The molecule has 2 nitrogen and oxygen atoms in total. The summed E-state index contributed by atoms with van der Waals surface area (Å²) in [7, 11) is 0. The summed E-state index contributed by atoms with van der Waals surface area (Å²) in [6, 6.07) is 31.0. The highest BCUT2D eigenvalue weighted by Gasteiger charge is 2.14. The van der Waals surface area contributed by atoms with Gasteiger partial charge in [-0.1, -0.05) is 91.0 Å². The molecule has 24 heavy (non-hydrogen) atoms. The lowest BCUT2D eigenvalue weighted by Crippen LogP contribution is -2.37. The lowest BCUT2D eigenvalue weighted by atomic mass is 9.99. The van der Waals surface area contributed by atoms with Crippen molar-refractivity contribution in [2.45, 2.75) is 12.6 Å². The molecular formula is C21H20N2S. The minimum Gasteiger partial charge on any atom is -0.359 e. The zero-order chi connectivity index (χ0) is 16.6. The van der Waals surface area contributed by atoms with Crippen LogP contribution in [0.1, 0.15) is 22.7 Å². The van der Waals surface area contributed by atoms with Crippen molar-refractivity contribution >= 4 is 17.3 Å². The zero-order valence-corrected chi connectivity index (χ0v) is 14.2. The molecule has 0 aliphatic rings. The maximum Gasteiger partial charge on any atom is 0.167 e. The maximum absolute atomic E-state index is 5.51. The first-order valence-corrected chi connectivity index (χ1v) is 8.42. The van der Waals surface area contributed by atoms with E-state index in [1.54, 1.807) is 0 Å². The molecule has 0 heterocycles. The first kappa shape index (κ1) is 16.2. The van der Waals surface area contributed by atoms with Gasteiger partial charge < -0.3 is 10.6 Å². The Bertz CT molecular complexity index is 718. The van der Waals surface area contributed by atoms with Crippen LogP contribution < -0.4 is 10.6 Å². The minimum absolute atomic E-state index is 0.0307. The molecule has 120 valence electrons. The van der Waals surface area contributed by atoms with Gasteiger partial charge in [-0.2, -0.15) is 0 Å². The van der Waals surface area contributed by atoms with E-state index in [0.717, 1.165) is 0 Å². The van der Waals surface area contributed by atoms with E-state index in [-0.39, 0.29) is 6.04 Å². The average Bonchev–Trinajstić information content (AvgIpc) is 2.67. The number of benzene rings is 3. The quantitative estimate of drug-likeness (QED) is 0.676. The Labute approximate surface area is 148 Å². The second-order valence-corrected chi connectivity index (χ2v) is 5.98. The van der Waals surface area contributed by atoms with Gasteiger partial charge in [-0.3, -0.25) is 0 Å². The van der Waals surface area contributed by atoms with Gasteiger partial charge in [0.2, 0.25) is 0 Å². The van der Waals surface area contributed by atoms with Crippen LogP contribution in [0.15, 0.2) is 91.0 Å². The van der Waals surface area contributed by atoms with Gasteiger partial charge >= 0.3 is 0 Å². The molecule has 0 aliphatic carbocycles. The molecule has 2 N–H and O–H groups in total. The van der Waals surface area contributed by atoms with E-state index >= 15 is 0 Å². The molecule has 0 amide bonds. The van der Waals surface area contributed by atoms with Crippen molar-refractivity contribution in [3.05, 3.63) is 108 Å². The Hall–Kier alpha value is -2.65. The van der Waals surface area contributed by atoms with Crippen LogP contribution in [-0.2, 0) is 6.54 Å². The van der Waals surface area contributed by atoms with E-state index < -0.39 is 0 Å². The van der Waals surface area contributed by atoms with Crippen molar-refractivity contribution in [1.82, 2.24) is 10.6 Å². The number of nitrogens with one attached hydrogen (secondary N) is 2. The Morgan fingerprint density at radius 2 is 1.17 bits per heavy atom. The molecule has 0 saturated carbocycles. The molecule has 0 fully saturated rings. The van der Waals surface area contributed by atoms with E-state index in [1.807, 2.05) is 54.6 Å². The van der Waals surface area contributed by atoms with E-state index in [0.29, 0.717) is 11.7 Å². The summed E-state index contributed by atoms with van der Waals surface area (Å²) in [5.41, 5.74) is 3.58. The van der Waals surface area contributed by atoms with Crippen molar-refractivity contribution in [3.63, 3.8) is 0 Å². The van der Waals surface area contributed by atoms with Gasteiger partial charge in [-0.15, -0.1) is 0 Å². The molecule has 3 aromatic rings. The van der Waals surface area contributed by atoms with Gasteiger partial charge in [0.15, 0.2) is 5.11 Å². The molecule has 3 rings (SSSR count). The van der Waals surface area contributed by atoms with Crippen molar-refractivity contribution in [2.24, 2.45) is 0 Å². The topological polar surface area (TPSA) is 24.1 Å². The van der Waals surface area contributed by atoms with Crippen LogP contribution in [0.3, 0.4) is 0 Å². The van der Waals surface area contributed by atoms with Crippen LogP contribution in [0.2, 0.25) is 0 Å². The smallest absolute Gasteiger partial charge is 0.167 e. The second-order valence-electron chi connectivity index (χ2n) is 5.57. The van der Waals surface area contributed by atoms with Crippen LogP contribution in [0.4, 0.5) is 0 Å². The monoisotopic (exact) mass is 332 g/mol. The summed E-state index contributed by atoms with van der Waals surface area (Å²) in [5.74, 6) is 0. The van der Waals surface area contributed by atoms with Gasteiger partial charge in [0.25, 0.3) is 0 Å². The van der Waals surface area contributed by atoms with Crippen LogP contribution in [0, 0.1) is 0 Å². The van der Waals surface area contributed by atoms with Crippen LogP contribution in [-0.4, -0.2) is 5.11 Å². The molecule has 0 bridgehead atoms. The largest absolute Gasteiger partial charge is 0.359 e. The maximum atomic E-state index is 5.51. The molecule has 0 unspecified atom stereocenters. The first-order valence-electron chi connectivity index (χ1n) is 8.01. The Morgan fingerprint density at radius 3 is 1.67 bits per heavy atom. The standard InChI is InChI=1S/C21H20N2S/c24-21(22-16-17-10-4-1-5-11-17)23-20(18-12-6-2-7-13-18)19-14-8-3-9-15-19/h1-15,20H,16H2,(H2,22,23,24).